The Hall–Kier alpha value is -1.89. The van der Waals surface area contributed by atoms with Crippen molar-refractivity contribution in [3.63, 3.8) is 0 Å². The van der Waals surface area contributed by atoms with E-state index in [4.69, 9.17) is 14.2 Å². The van der Waals surface area contributed by atoms with Gasteiger partial charge in [-0.05, 0) is 33.6 Å². The maximum Gasteiger partial charge on any atom is 0.410 e. The lowest BCUT2D eigenvalue weighted by Crippen LogP contribution is -2.36. The van der Waals surface area contributed by atoms with E-state index in [1.54, 1.807) is 17.3 Å². The number of hydrogen-bond acceptors (Lipinski definition) is 6. The normalized spacial score (nSPS) is 22.0. The first-order valence-electron chi connectivity index (χ1n) is 8.95. The average molecular weight is 349 g/mol. The molecule has 138 valence electrons. The second-order valence-electron chi connectivity index (χ2n) is 7.59. The van der Waals surface area contributed by atoms with Gasteiger partial charge in [0.2, 0.25) is 5.88 Å². The van der Waals surface area contributed by atoms with Crippen LogP contribution in [0.5, 0.6) is 5.88 Å². The number of nitrogens with zero attached hydrogens (tertiary/aromatic N) is 3. The molecule has 1 aromatic heterocycles. The molecule has 1 amide bonds. The Balaban J connectivity index is 1.61. The second-order valence-corrected chi connectivity index (χ2v) is 7.59. The zero-order valence-corrected chi connectivity index (χ0v) is 15.2. The lowest BCUT2D eigenvalue weighted by Gasteiger charge is -2.25. The fourth-order valence-corrected chi connectivity index (χ4v) is 3.15. The van der Waals surface area contributed by atoms with Crippen LogP contribution < -0.4 is 4.74 Å². The molecule has 2 fully saturated rings. The molecule has 2 saturated heterocycles. The van der Waals surface area contributed by atoms with Crippen LogP contribution in [0.25, 0.3) is 0 Å². The predicted molar refractivity (Wildman–Crippen MR) is 91.7 cm³/mol. The summed E-state index contributed by atoms with van der Waals surface area (Å²) in [4.78, 5) is 22.8. The molecule has 2 aliphatic heterocycles. The Morgan fingerprint density at radius 3 is 2.64 bits per heavy atom. The number of carbonyl (C=O) groups is 1. The van der Waals surface area contributed by atoms with Gasteiger partial charge in [0, 0.05) is 44.5 Å². The van der Waals surface area contributed by atoms with Gasteiger partial charge < -0.3 is 19.1 Å². The van der Waals surface area contributed by atoms with Crippen molar-refractivity contribution in [2.75, 3.05) is 26.3 Å². The molecule has 7 heteroatoms. The fourth-order valence-electron chi connectivity index (χ4n) is 3.15. The van der Waals surface area contributed by atoms with E-state index in [-0.39, 0.29) is 12.2 Å². The Bertz CT molecular complexity index is 596. The summed E-state index contributed by atoms with van der Waals surface area (Å²) in [6, 6.07) is 0. The zero-order chi connectivity index (χ0) is 17.9. The Labute approximate surface area is 148 Å². The van der Waals surface area contributed by atoms with E-state index in [0.29, 0.717) is 24.9 Å². The Kier molecular flexibility index (Phi) is 5.42. The quantitative estimate of drug-likeness (QED) is 0.835. The standard InChI is InChI=1S/C18H27N3O4/c1-18(2,3)25-17(22)21-9-4-14(12-21)24-16-15(19-7-8-20-16)13-5-10-23-11-6-13/h7-8,13-14H,4-6,9-12H2,1-3H3/t14-/m1/s1. The molecule has 2 aliphatic rings. The highest BCUT2D eigenvalue weighted by molar-refractivity contribution is 5.68. The molecule has 25 heavy (non-hydrogen) atoms. The molecule has 0 N–H and O–H groups in total. The summed E-state index contributed by atoms with van der Waals surface area (Å²) >= 11 is 0. The summed E-state index contributed by atoms with van der Waals surface area (Å²) in [5.41, 5.74) is 0.415. The lowest BCUT2D eigenvalue weighted by molar-refractivity contribution is 0.0274. The van der Waals surface area contributed by atoms with Crippen LogP contribution in [-0.4, -0.2) is 59.0 Å². The first-order valence-corrected chi connectivity index (χ1v) is 8.95. The number of hydrogen-bond donors (Lipinski definition) is 0. The van der Waals surface area contributed by atoms with Crippen molar-refractivity contribution in [3.05, 3.63) is 18.1 Å². The number of ether oxygens (including phenoxy) is 3. The first-order chi connectivity index (χ1) is 11.9. The van der Waals surface area contributed by atoms with Crippen molar-refractivity contribution in [2.45, 2.75) is 57.7 Å². The third-order valence-electron chi connectivity index (χ3n) is 4.37. The number of rotatable bonds is 3. The average Bonchev–Trinajstić information content (AvgIpc) is 3.03. The molecule has 1 atom stereocenters. The van der Waals surface area contributed by atoms with Crippen molar-refractivity contribution in [2.24, 2.45) is 0 Å². The molecule has 3 heterocycles. The van der Waals surface area contributed by atoms with Crippen LogP contribution in [0.1, 0.15) is 51.6 Å². The minimum Gasteiger partial charge on any atom is -0.471 e. The van der Waals surface area contributed by atoms with Crippen LogP contribution >= 0.6 is 0 Å². The van der Waals surface area contributed by atoms with E-state index in [0.717, 1.165) is 38.2 Å². The fraction of sp³-hybridized carbons (Fsp3) is 0.722. The molecule has 3 rings (SSSR count). The van der Waals surface area contributed by atoms with E-state index in [1.807, 2.05) is 20.8 Å². The van der Waals surface area contributed by atoms with Gasteiger partial charge in [0.05, 0.1) is 6.54 Å². The molecular weight excluding hydrogens is 322 g/mol. The van der Waals surface area contributed by atoms with Gasteiger partial charge in [-0.2, -0.15) is 0 Å². The highest BCUT2D eigenvalue weighted by atomic mass is 16.6. The van der Waals surface area contributed by atoms with Gasteiger partial charge in [-0.1, -0.05) is 0 Å². The first kappa shape index (κ1) is 17.9. The zero-order valence-electron chi connectivity index (χ0n) is 15.2. The molecular formula is C18H27N3O4. The molecule has 1 aromatic rings. The van der Waals surface area contributed by atoms with Crippen molar-refractivity contribution < 1.29 is 19.0 Å². The monoisotopic (exact) mass is 349 g/mol. The molecule has 0 aromatic carbocycles. The SMILES string of the molecule is CC(C)(C)OC(=O)N1CC[C@@H](Oc2nccnc2C2CCOCC2)C1. The summed E-state index contributed by atoms with van der Waals surface area (Å²) in [6.07, 6.45) is 5.62. The Morgan fingerprint density at radius 1 is 1.20 bits per heavy atom. The number of likely N-dealkylation sites (tertiary alicyclic amines) is 1. The summed E-state index contributed by atoms with van der Waals surface area (Å²) in [6.45, 7) is 8.25. The smallest absolute Gasteiger partial charge is 0.410 e. The van der Waals surface area contributed by atoms with Crippen molar-refractivity contribution >= 4 is 6.09 Å². The molecule has 0 aliphatic carbocycles. The summed E-state index contributed by atoms with van der Waals surface area (Å²) in [5.74, 6) is 0.909. The topological polar surface area (TPSA) is 73.8 Å². The van der Waals surface area contributed by atoms with Gasteiger partial charge in [0.25, 0.3) is 0 Å². The third kappa shape index (κ3) is 4.81. The molecule has 0 spiro atoms. The third-order valence-corrected chi connectivity index (χ3v) is 4.37. The van der Waals surface area contributed by atoms with Crippen LogP contribution in [0.4, 0.5) is 4.79 Å². The van der Waals surface area contributed by atoms with Gasteiger partial charge >= 0.3 is 6.09 Å². The minimum atomic E-state index is -0.489. The van der Waals surface area contributed by atoms with Gasteiger partial charge in [0.1, 0.15) is 17.4 Å². The predicted octanol–water partition coefficient (Wildman–Crippen LogP) is 2.76. The second kappa shape index (κ2) is 7.56. The maximum absolute atomic E-state index is 12.2. The minimum absolute atomic E-state index is 0.0807. The van der Waals surface area contributed by atoms with Crippen LogP contribution in [-0.2, 0) is 9.47 Å². The highest BCUT2D eigenvalue weighted by Crippen LogP contribution is 2.31. The maximum atomic E-state index is 12.2. The van der Waals surface area contributed by atoms with Crippen LogP contribution in [0.15, 0.2) is 12.4 Å². The summed E-state index contributed by atoms with van der Waals surface area (Å²) < 4.78 is 17.0. The number of carbonyl (C=O) groups excluding carboxylic acids is 1. The Morgan fingerprint density at radius 2 is 1.92 bits per heavy atom. The van der Waals surface area contributed by atoms with Gasteiger partial charge in [-0.15, -0.1) is 0 Å². The van der Waals surface area contributed by atoms with Crippen LogP contribution in [0, 0.1) is 0 Å². The van der Waals surface area contributed by atoms with Crippen LogP contribution in [0.2, 0.25) is 0 Å². The van der Waals surface area contributed by atoms with E-state index < -0.39 is 5.60 Å². The molecule has 0 radical (unpaired) electrons. The molecule has 0 bridgehead atoms. The summed E-state index contributed by atoms with van der Waals surface area (Å²) in [7, 11) is 0. The largest absolute Gasteiger partial charge is 0.471 e. The van der Waals surface area contributed by atoms with Crippen LogP contribution in [0.3, 0.4) is 0 Å². The van der Waals surface area contributed by atoms with Gasteiger partial charge in [0.15, 0.2) is 0 Å². The van der Waals surface area contributed by atoms with E-state index >= 15 is 0 Å². The van der Waals surface area contributed by atoms with Gasteiger partial charge in [-0.25, -0.2) is 9.78 Å². The van der Waals surface area contributed by atoms with E-state index in [1.165, 1.54) is 0 Å². The number of aromatic nitrogens is 2. The lowest BCUT2D eigenvalue weighted by atomic mass is 9.96. The molecule has 0 unspecified atom stereocenters. The van der Waals surface area contributed by atoms with E-state index in [9.17, 15) is 4.79 Å². The van der Waals surface area contributed by atoms with E-state index in [2.05, 4.69) is 9.97 Å². The number of amides is 1. The molecule has 0 saturated carbocycles. The summed E-state index contributed by atoms with van der Waals surface area (Å²) in [5, 5.41) is 0. The van der Waals surface area contributed by atoms with Crippen molar-refractivity contribution in [3.8, 4) is 5.88 Å². The van der Waals surface area contributed by atoms with Gasteiger partial charge in [-0.3, -0.25) is 4.98 Å². The highest BCUT2D eigenvalue weighted by Gasteiger charge is 2.32. The van der Waals surface area contributed by atoms with Crippen molar-refractivity contribution in [1.82, 2.24) is 14.9 Å². The molecule has 7 nitrogen and oxygen atoms in total. The van der Waals surface area contributed by atoms with Crippen molar-refractivity contribution in [1.29, 1.82) is 0 Å².